The van der Waals surface area contributed by atoms with Crippen LogP contribution in [0.25, 0.3) is 5.57 Å². The van der Waals surface area contributed by atoms with Crippen LogP contribution in [0.5, 0.6) is 0 Å². The van der Waals surface area contributed by atoms with Gasteiger partial charge in [0.15, 0.2) is 0 Å². The molecule has 0 aliphatic carbocycles. The number of nitrogens with zero attached hydrogens (tertiary/aromatic N) is 1. The van der Waals surface area contributed by atoms with Gasteiger partial charge in [-0.05, 0) is 61.4 Å². The van der Waals surface area contributed by atoms with Crippen LogP contribution in [0, 0.1) is 12.7 Å². The van der Waals surface area contributed by atoms with Crippen LogP contribution in [-0.2, 0) is 19.9 Å². The monoisotopic (exact) mass is 470 g/mol. The molecular weight excluding hydrogens is 447 g/mol. The fraction of sp³-hybridized carbons (Fsp3) is 0.179. The van der Waals surface area contributed by atoms with E-state index in [9.17, 15) is 18.8 Å². The maximum Gasteiger partial charge on any atom is 0.356 e. The maximum atomic E-state index is 13.7. The van der Waals surface area contributed by atoms with Crippen molar-refractivity contribution < 1.29 is 23.5 Å². The standard InChI is InChI=1S/C28H23FN2O4/c1-3-31-23-14-9-17(2)15-22(23)28(27(31)34)16-21(18-10-12-20(29)13-11-18)24(26(33)35-28)30-25(32)19-7-5-4-6-8-19/h4-15H,3,16H2,1-2H3,(H,30,32)/t28-/m1/s1. The first kappa shape index (κ1) is 22.5. The number of carbonyl (C=O) groups is 3. The van der Waals surface area contributed by atoms with E-state index >= 15 is 0 Å². The minimum Gasteiger partial charge on any atom is -0.439 e. The first-order valence-corrected chi connectivity index (χ1v) is 11.4. The molecule has 2 amide bonds. The predicted molar refractivity (Wildman–Crippen MR) is 129 cm³/mol. The molecule has 2 heterocycles. The van der Waals surface area contributed by atoms with E-state index in [1.807, 2.05) is 32.0 Å². The lowest BCUT2D eigenvalue weighted by Crippen LogP contribution is -2.48. The van der Waals surface area contributed by atoms with Crippen molar-refractivity contribution >= 4 is 29.0 Å². The summed E-state index contributed by atoms with van der Waals surface area (Å²) in [5.41, 5.74) is 1.86. The minimum atomic E-state index is -1.57. The van der Waals surface area contributed by atoms with Gasteiger partial charge in [0, 0.05) is 24.1 Å². The summed E-state index contributed by atoms with van der Waals surface area (Å²) < 4.78 is 19.6. The van der Waals surface area contributed by atoms with Crippen LogP contribution in [0.3, 0.4) is 0 Å². The number of halogens is 1. The molecule has 35 heavy (non-hydrogen) atoms. The van der Waals surface area contributed by atoms with Gasteiger partial charge < -0.3 is 15.0 Å². The van der Waals surface area contributed by atoms with E-state index in [2.05, 4.69) is 5.32 Å². The van der Waals surface area contributed by atoms with E-state index in [-0.39, 0.29) is 18.0 Å². The molecule has 2 aliphatic rings. The Hall–Kier alpha value is -4.26. The van der Waals surface area contributed by atoms with Gasteiger partial charge in [0.25, 0.3) is 11.8 Å². The maximum absolute atomic E-state index is 13.7. The van der Waals surface area contributed by atoms with E-state index in [0.717, 1.165) is 5.56 Å². The summed E-state index contributed by atoms with van der Waals surface area (Å²) in [7, 11) is 0. The quantitative estimate of drug-likeness (QED) is 0.571. The molecule has 1 atom stereocenters. The number of carbonyl (C=O) groups excluding carboxylic acids is 3. The van der Waals surface area contributed by atoms with Gasteiger partial charge in [-0.1, -0.05) is 42.0 Å². The van der Waals surface area contributed by atoms with Crippen LogP contribution in [0.2, 0.25) is 0 Å². The van der Waals surface area contributed by atoms with Crippen molar-refractivity contribution in [3.63, 3.8) is 0 Å². The van der Waals surface area contributed by atoms with Gasteiger partial charge in [-0.25, -0.2) is 9.18 Å². The Balaban J connectivity index is 1.66. The van der Waals surface area contributed by atoms with Gasteiger partial charge in [0.05, 0.1) is 5.69 Å². The molecule has 0 saturated carbocycles. The Morgan fingerprint density at radius 3 is 2.46 bits per heavy atom. The first-order chi connectivity index (χ1) is 16.8. The Labute approximate surface area is 202 Å². The zero-order valence-corrected chi connectivity index (χ0v) is 19.3. The van der Waals surface area contributed by atoms with Crippen LogP contribution in [-0.4, -0.2) is 24.3 Å². The SMILES string of the molecule is CCN1C(=O)[C@@]2(CC(c3ccc(F)cc3)=C(NC(=O)c3ccccc3)C(=O)O2)c2cc(C)ccc21. The lowest BCUT2D eigenvalue weighted by molar-refractivity contribution is -0.165. The second-order valence-electron chi connectivity index (χ2n) is 8.64. The van der Waals surface area contributed by atoms with E-state index in [1.54, 1.807) is 35.2 Å². The molecular formula is C28H23FN2O4. The highest BCUT2D eigenvalue weighted by Crippen LogP contribution is 2.50. The van der Waals surface area contributed by atoms with Crippen molar-refractivity contribution in [2.45, 2.75) is 25.9 Å². The molecule has 0 radical (unpaired) electrons. The highest BCUT2D eigenvalue weighted by Gasteiger charge is 2.57. The largest absolute Gasteiger partial charge is 0.439 e. The smallest absolute Gasteiger partial charge is 0.356 e. The lowest BCUT2D eigenvalue weighted by Gasteiger charge is -2.35. The number of esters is 1. The fourth-order valence-corrected chi connectivity index (χ4v) is 4.74. The summed E-state index contributed by atoms with van der Waals surface area (Å²) in [6.45, 7) is 4.16. The Bertz CT molecular complexity index is 1380. The number of hydrogen-bond acceptors (Lipinski definition) is 4. The van der Waals surface area contributed by atoms with Crippen molar-refractivity contribution in [2.24, 2.45) is 0 Å². The molecule has 5 rings (SSSR count). The minimum absolute atomic E-state index is 0.000558. The molecule has 2 aliphatic heterocycles. The van der Waals surface area contributed by atoms with E-state index in [1.165, 1.54) is 24.3 Å². The molecule has 176 valence electrons. The number of fused-ring (bicyclic) bond motifs is 2. The average Bonchev–Trinajstić information content (AvgIpc) is 3.08. The summed E-state index contributed by atoms with van der Waals surface area (Å²) in [6.07, 6.45) is 0.000558. The summed E-state index contributed by atoms with van der Waals surface area (Å²) in [6, 6.07) is 19.7. The molecule has 0 aromatic heterocycles. The van der Waals surface area contributed by atoms with Crippen molar-refractivity contribution in [2.75, 3.05) is 11.4 Å². The topological polar surface area (TPSA) is 75.7 Å². The second kappa shape index (κ2) is 8.51. The summed E-state index contributed by atoms with van der Waals surface area (Å²) in [4.78, 5) is 41.7. The highest BCUT2D eigenvalue weighted by molar-refractivity contribution is 6.13. The highest BCUT2D eigenvalue weighted by atomic mass is 19.1. The van der Waals surface area contributed by atoms with Crippen molar-refractivity contribution in [1.82, 2.24) is 5.32 Å². The zero-order chi connectivity index (χ0) is 24.7. The van der Waals surface area contributed by atoms with Crippen molar-refractivity contribution in [1.29, 1.82) is 0 Å². The van der Waals surface area contributed by atoms with Crippen LogP contribution in [0.15, 0.2) is 78.5 Å². The molecule has 0 bridgehead atoms. The van der Waals surface area contributed by atoms with Crippen LogP contribution >= 0.6 is 0 Å². The number of rotatable bonds is 4. The fourth-order valence-electron chi connectivity index (χ4n) is 4.74. The molecule has 1 N–H and O–H groups in total. The van der Waals surface area contributed by atoms with Crippen molar-refractivity contribution in [3.8, 4) is 0 Å². The molecule has 0 unspecified atom stereocenters. The molecule has 7 heteroatoms. The molecule has 6 nitrogen and oxygen atoms in total. The van der Waals surface area contributed by atoms with E-state index < -0.39 is 23.3 Å². The van der Waals surface area contributed by atoms with Gasteiger partial charge in [-0.2, -0.15) is 0 Å². The number of hydrogen-bond donors (Lipinski definition) is 1. The second-order valence-corrected chi connectivity index (χ2v) is 8.64. The molecule has 3 aromatic carbocycles. The molecule has 3 aromatic rings. The third-order valence-electron chi connectivity index (χ3n) is 6.45. The van der Waals surface area contributed by atoms with Crippen LogP contribution in [0.4, 0.5) is 10.1 Å². The summed E-state index contributed by atoms with van der Waals surface area (Å²) in [5, 5.41) is 2.68. The average molecular weight is 471 g/mol. The van der Waals surface area contributed by atoms with Gasteiger partial charge in [-0.3, -0.25) is 9.59 Å². The van der Waals surface area contributed by atoms with E-state index in [4.69, 9.17) is 4.74 Å². The molecule has 0 fully saturated rings. The number of anilines is 1. The third-order valence-corrected chi connectivity index (χ3v) is 6.45. The summed E-state index contributed by atoms with van der Waals surface area (Å²) >= 11 is 0. The molecule has 0 saturated heterocycles. The number of benzene rings is 3. The Morgan fingerprint density at radius 1 is 1.06 bits per heavy atom. The normalized spacial score (nSPS) is 19.1. The zero-order valence-electron chi connectivity index (χ0n) is 19.3. The summed E-state index contributed by atoms with van der Waals surface area (Å²) in [5.74, 6) is -2.09. The lowest BCUT2D eigenvalue weighted by atomic mass is 9.82. The van der Waals surface area contributed by atoms with Gasteiger partial charge in [-0.15, -0.1) is 0 Å². The molecule has 1 spiro atoms. The third kappa shape index (κ3) is 3.69. The van der Waals surface area contributed by atoms with Gasteiger partial charge in [0.1, 0.15) is 11.5 Å². The van der Waals surface area contributed by atoms with E-state index in [0.29, 0.717) is 34.5 Å². The number of likely N-dealkylation sites (N-methyl/N-ethyl adjacent to an activating group) is 1. The van der Waals surface area contributed by atoms with Crippen molar-refractivity contribution in [3.05, 3.63) is 107 Å². The van der Waals surface area contributed by atoms with Gasteiger partial charge >= 0.3 is 5.97 Å². The number of amides is 2. The Kier molecular flexibility index (Phi) is 5.47. The number of nitrogens with one attached hydrogen (secondary N) is 1. The van der Waals surface area contributed by atoms with Crippen LogP contribution < -0.4 is 10.2 Å². The first-order valence-electron chi connectivity index (χ1n) is 11.4. The predicted octanol–water partition coefficient (Wildman–Crippen LogP) is 4.48. The van der Waals surface area contributed by atoms with Crippen LogP contribution in [0.1, 0.15) is 40.4 Å². The number of aryl methyl sites for hydroxylation is 1. The van der Waals surface area contributed by atoms with Gasteiger partial charge in [0.2, 0.25) is 5.60 Å². The number of ether oxygens (including phenoxy) is 1. The Morgan fingerprint density at radius 2 is 1.77 bits per heavy atom.